The Labute approximate surface area is 160 Å². The zero-order valence-corrected chi connectivity index (χ0v) is 16.3. The SMILES string of the molecule is CC(C)Cn1c(N)c(-c2csc(COc3ccccc3)n2)c(=O)n(C)c1=O. The third-order valence-electron chi connectivity index (χ3n) is 4.04. The molecule has 142 valence electrons. The second-order valence-corrected chi connectivity index (χ2v) is 7.58. The van der Waals surface area contributed by atoms with E-state index in [-0.39, 0.29) is 17.3 Å². The highest BCUT2D eigenvalue weighted by molar-refractivity contribution is 7.09. The fourth-order valence-electron chi connectivity index (χ4n) is 2.72. The number of nitrogen functional groups attached to an aromatic ring is 1. The van der Waals surface area contributed by atoms with E-state index in [1.807, 2.05) is 44.2 Å². The van der Waals surface area contributed by atoms with Crippen molar-refractivity contribution in [1.82, 2.24) is 14.1 Å². The summed E-state index contributed by atoms with van der Waals surface area (Å²) in [6, 6.07) is 9.43. The van der Waals surface area contributed by atoms with Crippen LogP contribution in [-0.4, -0.2) is 14.1 Å². The molecule has 0 spiro atoms. The smallest absolute Gasteiger partial charge is 0.332 e. The third kappa shape index (κ3) is 3.95. The lowest BCUT2D eigenvalue weighted by Crippen LogP contribution is -2.41. The molecule has 8 heteroatoms. The number of nitrogens with zero attached hydrogens (tertiary/aromatic N) is 3. The number of hydrogen-bond donors (Lipinski definition) is 1. The Morgan fingerprint density at radius 1 is 1.22 bits per heavy atom. The van der Waals surface area contributed by atoms with Crippen LogP contribution in [0.1, 0.15) is 18.9 Å². The van der Waals surface area contributed by atoms with Crippen molar-refractivity contribution >= 4 is 17.2 Å². The molecule has 0 saturated heterocycles. The van der Waals surface area contributed by atoms with Gasteiger partial charge >= 0.3 is 5.69 Å². The molecule has 3 aromatic rings. The average Bonchev–Trinajstić information content (AvgIpc) is 3.11. The van der Waals surface area contributed by atoms with Crippen molar-refractivity contribution in [2.75, 3.05) is 5.73 Å². The molecule has 0 saturated carbocycles. The maximum atomic E-state index is 12.6. The highest BCUT2D eigenvalue weighted by Gasteiger charge is 2.19. The van der Waals surface area contributed by atoms with Crippen LogP contribution in [0.4, 0.5) is 5.82 Å². The van der Waals surface area contributed by atoms with Gasteiger partial charge in [0.25, 0.3) is 5.56 Å². The first-order chi connectivity index (χ1) is 12.9. The van der Waals surface area contributed by atoms with Gasteiger partial charge in [-0.1, -0.05) is 32.0 Å². The van der Waals surface area contributed by atoms with Crippen molar-refractivity contribution in [3.63, 3.8) is 0 Å². The molecule has 0 radical (unpaired) electrons. The Kier molecular flexibility index (Phi) is 5.46. The van der Waals surface area contributed by atoms with E-state index >= 15 is 0 Å². The van der Waals surface area contributed by atoms with Crippen molar-refractivity contribution < 1.29 is 4.74 Å². The molecule has 2 aromatic heterocycles. The molecule has 2 heterocycles. The van der Waals surface area contributed by atoms with Crippen LogP contribution in [0.3, 0.4) is 0 Å². The lowest BCUT2D eigenvalue weighted by molar-refractivity contribution is 0.305. The summed E-state index contributed by atoms with van der Waals surface area (Å²) in [4.78, 5) is 29.5. The van der Waals surface area contributed by atoms with Crippen LogP contribution in [0.15, 0.2) is 45.3 Å². The largest absolute Gasteiger partial charge is 0.486 e. The quantitative estimate of drug-likeness (QED) is 0.703. The summed E-state index contributed by atoms with van der Waals surface area (Å²) >= 11 is 1.38. The molecule has 0 aliphatic rings. The van der Waals surface area contributed by atoms with Crippen LogP contribution in [0.25, 0.3) is 11.3 Å². The first-order valence-corrected chi connectivity index (χ1v) is 9.48. The highest BCUT2D eigenvalue weighted by atomic mass is 32.1. The topological polar surface area (TPSA) is 92.1 Å². The number of thiazole rings is 1. The predicted molar refractivity (Wildman–Crippen MR) is 107 cm³/mol. The minimum absolute atomic E-state index is 0.151. The van der Waals surface area contributed by atoms with Crippen molar-refractivity contribution in [2.45, 2.75) is 27.0 Å². The van der Waals surface area contributed by atoms with E-state index in [2.05, 4.69) is 4.98 Å². The molecule has 0 bridgehead atoms. The fraction of sp³-hybridized carbons (Fsp3) is 0.316. The molecule has 1 aromatic carbocycles. The average molecular weight is 386 g/mol. The Hall–Kier alpha value is -2.87. The Bertz CT molecular complexity index is 1050. The van der Waals surface area contributed by atoms with Crippen molar-refractivity contribution in [3.8, 4) is 17.0 Å². The maximum absolute atomic E-state index is 12.6. The van der Waals surface area contributed by atoms with Gasteiger partial charge in [-0.2, -0.15) is 0 Å². The fourth-order valence-corrected chi connectivity index (χ4v) is 3.42. The second kappa shape index (κ2) is 7.79. The van der Waals surface area contributed by atoms with Gasteiger partial charge in [-0.3, -0.25) is 13.9 Å². The van der Waals surface area contributed by atoms with Crippen molar-refractivity contribution in [1.29, 1.82) is 0 Å². The first-order valence-electron chi connectivity index (χ1n) is 8.60. The van der Waals surface area contributed by atoms with Gasteiger partial charge in [-0.05, 0) is 18.1 Å². The van der Waals surface area contributed by atoms with Crippen molar-refractivity contribution in [2.24, 2.45) is 13.0 Å². The first kappa shape index (κ1) is 18.9. The van der Waals surface area contributed by atoms with E-state index in [0.29, 0.717) is 18.8 Å². The zero-order valence-electron chi connectivity index (χ0n) is 15.5. The summed E-state index contributed by atoms with van der Waals surface area (Å²) in [5.41, 5.74) is 6.04. The predicted octanol–water partition coefficient (Wildman–Crippen LogP) is 2.49. The van der Waals surface area contributed by atoms with Gasteiger partial charge in [0.1, 0.15) is 28.7 Å². The van der Waals surface area contributed by atoms with E-state index in [0.717, 1.165) is 15.3 Å². The summed E-state index contributed by atoms with van der Waals surface area (Å²) in [5.74, 6) is 1.11. The van der Waals surface area contributed by atoms with Crippen LogP contribution in [0.2, 0.25) is 0 Å². The Balaban J connectivity index is 1.95. The third-order valence-corrected chi connectivity index (χ3v) is 4.87. The summed E-state index contributed by atoms with van der Waals surface area (Å²) < 4.78 is 8.21. The molecule has 0 amide bonds. The van der Waals surface area contributed by atoms with Crippen LogP contribution in [0.5, 0.6) is 5.75 Å². The Morgan fingerprint density at radius 3 is 2.59 bits per heavy atom. The van der Waals surface area contributed by atoms with Crippen molar-refractivity contribution in [3.05, 3.63) is 61.6 Å². The number of para-hydroxylation sites is 1. The van der Waals surface area contributed by atoms with Crippen LogP contribution in [0, 0.1) is 5.92 Å². The molecule has 2 N–H and O–H groups in total. The highest BCUT2D eigenvalue weighted by Crippen LogP contribution is 2.24. The van der Waals surface area contributed by atoms with Crippen LogP contribution in [-0.2, 0) is 20.2 Å². The molecule has 0 atom stereocenters. The van der Waals surface area contributed by atoms with E-state index in [1.54, 1.807) is 5.38 Å². The molecule has 0 fully saturated rings. The molecule has 0 aliphatic heterocycles. The number of benzene rings is 1. The molecular formula is C19H22N4O3S. The zero-order chi connectivity index (χ0) is 19.6. The van der Waals surface area contributed by atoms with E-state index < -0.39 is 11.2 Å². The number of ether oxygens (including phenoxy) is 1. The molecule has 3 rings (SSSR count). The van der Waals surface area contributed by atoms with Gasteiger partial charge in [-0.15, -0.1) is 11.3 Å². The minimum atomic E-state index is -0.446. The summed E-state index contributed by atoms with van der Waals surface area (Å²) in [6.07, 6.45) is 0. The van der Waals surface area contributed by atoms with Gasteiger partial charge in [-0.25, -0.2) is 9.78 Å². The molecule has 7 nitrogen and oxygen atoms in total. The number of hydrogen-bond acceptors (Lipinski definition) is 6. The normalized spacial score (nSPS) is 11.1. The van der Waals surface area contributed by atoms with Gasteiger partial charge < -0.3 is 10.5 Å². The van der Waals surface area contributed by atoms with Crippen LogP contribution >= 0.6 is 11.3 Å². The number of anilines is 1. The molecular weight excluding hydrogens is 364 g/mol. The second-order valence-electron chi connectivity index (χ2n) is 6.64. The van der Waals surface area contributed by atoms with Gasteiger partial charge in [0.2, 0.25) is 0 Å². The molecule has 0 unspecified atom stereocenters. The number of aromatic nitrogens is 3. The number of rotatable bonds is 6. The van der Waals surface area contributed by atoms with Crippen LogP contribution < -0.4 is 21.7 Å². The standard InChI is InChI=1S/C19H22N4O3S/c1-12(2)9-23-17(20)16(18(24)22(3)19(23)25)14-11-27-15(21-14)10-26-13-7-5-4-6-8-13/h4-8,11-12H,9-10,20H2,1-3H3. The minimum Gasteiger partial charge on any atom is -0.486 e. The van der Waals surface area contributed by atoms with E-state index in [4.69, 9.17) is 10.5 Å². The molecule has 0 aliphatic carbocycles. The number of nitrogens with two attached hydrogens (primary N) is 1. The van der Waals surface area contributed by atoms with E-state index in [9.17, 15) is 9.59 Å². The van der Waals surface area contributed by atoms with Gasteiger partial charge in [0, 0.05) is 19.0 Å². The Morgan fingerprint density at radius 2 is 1.93 bits per heavy atom. The maximum Gasteiger partial charge on any atom is 0.332 e. The van der Waals surface area contributed by atoms with Gasteiger partial charge in [0.15, 0.2) is 0 Å². The summed E-state index contributed by atoms with van der Waals surface area (Å²) in [6.45, 7) is 4.69. The molecule has 27 heavy (non-hydrogen) atoms. The summed E-state index contributed by atoms with van der Waals surface area (Å²) in [7, 11) is 1.45. The lowest BCUT2D eigenvalue weighted by Gasteiger charge is -2.15. The van der Waals surface area contributed by atoms with Gasteiger partial charge in [0.05, 0.1) is 5.69 Å². The van der Waals surface area contributed by atoms with E-state index in [1.165, 1.54) is 23.0 Å². The summed E-state index contributed by atoms with van der Waals surface area (Å²) in [5, 5.41) is 2.48. The lowest BCUT2D eigenvalue weighted by atomic mass is 10.2. The monoisotopic (exact) mass is 386 g/mol.